The highest BCUT2D eigenvalue weighted by Gasteiger charge is 2.33. The maximum absolute atomic E-state index is 13.5. The quantitative estimate of drug-likeness (QED) is 0.477. The lowest BCUT2D eigenvalue weighted by molar-refractivity contribution is 0.0720. The molecule has 9 nitrogen and oxygen atoms in total. The Morgan fingerprint density at radius 3 is 2.69 bits per heavy atom. The van der Waals surface area contributed by atoms with Gasteiger partial charge in [-0.15, -0.1) is 11.3 Å². The molecule has 35 heavy (non-hydrogen) atoms. The molecule has 0 N–H and O–H groups in total. The van der Waals surface area contributed by atoms with Gasteiger partial charge in [-0.2, -0.15) is 5.10 Å². The Hall–Kier alpha value is -3.40. The highest BCUT2D eigenvalue weighted by molar-refractivity contribution is 7.07. The van der Waals surface area contributed by atoms with Gasteiger partial charge in [0.15, 0.2) is 17.2 Å². The average Bonchev–Trinajstić information content (AvgIpc) is 3.42. The predicted octanol–water partition coefficient (Wildman–Crippen LogP) is 3.24. The minimum atomic E-state index is -0.149. The average molecular weight is 496 g/mol. The van der Waals surface area contributed by atoms with Crippen LogP contribution in [0.3, 0.4) is 0 Å². The van der Waals surface area contributed by atoms with Gasteiger partial charge in [0.05, 0.1) is 38.5 Å². The molecule has 184 valence electrons. The first kappa shape index (κ1) is 23.3. The first-order valence-corrected chi connectivity index (χ1v) is 12.6. The van der Waals surface area contributed by atoms with Gasteiger partial charge >= 0.3 is 0 Å². The van der Waals surface area contributed by atoms with Crippen LogP contribution in [0.15, 0.2) is 29.1 Å². The molecule has 0 bridgehead atoms. The summed E-state index contributed by atoms with van der Waals surface area (Å²) in [7, 11) is 4.88. The van der Waals surface area contributed by atoms with E-state index >= 15 is 0 Å². The molecule has 0 radical (unpaired) electrons. The fourth-order valence-electron chi connectivity index (χ4n) is 4.49. The SMILES string of the molecule is COc1ccc(C(=O)N2CCc3c(c(C(=O)N(C)Cc4cscn4)nn3CC3CC3)C2)cc1OC. The smallest absolute Gasteiger partial charge is 0.274 e. The number of benzene rings is 1. The molecule has 3 aromatic rings. The number of aromatic nitrogens is 3. The van der Waals surface area contributed by atoms with Crippen LogP contribution in [-0.4, -0.2) is 64.2 Å². The second-order valence-corrected chi connectivity index (χ2v) is 9.81. The first-order chi connectivity index (χ1) is 17.0. The third kappa shape index (κ3) is 4.75. The Labute approximate surface area is 208 Å². The molecular weight excluding hydrogens is 466 g/mol. The second kappa shape index (κ2) is 9.69. The summed E-state index contributed by atoms with van der Waals surface area (Å²) < 4.78 is 12.7. The monoisotopic (exact) mass is 495 g/mol. The number of amides is 2. The van der Waals surface area contributed by atoms with Crippen molar-refractivity contribution in [1.29, 1.82) is 0 Å². The predicted molar refractivity (Wildman–Crippen MR) is 131 cm³/mol. The van der Waals surface area contributed by atoms with Crippen LogP contribution < -0.4 is 9.47 Å². The number of nitrogens with zero attached hydrogens (tertiary/aromatic N) is 5. The number of ether oxygens (including phenoxy) is 2. The minimum Gasteiger partial charge on any atom is -0.493 e. The van der Waals surface area contributed by atoms with E-state index in [1.165, 1.54) is 24.2 Å². The number of hydrogen-bond acceptors (Lipinski definition) is 7. The van der Waals surface area contributed by atoms with E-state index in [1.807, 2.05) is 10.1 Å². The number of carbonyl (C=O) groups excluding carboxylic acids is 2. The van der Waals surface area contributed by atoms with Crippen LogP contribution >= 0.6 is 11.3 Å². The van der Waals surface area contributed by atoms with Crippen molar-refractivity contribution in [3.63, 3.8) is 0 Å². The fraction of sp³-hybridized carbons (Fsp3) is 0.440. The van der Waals surface area contributed by atoms with Gasteiger partial charge in [-0.3, -0.25) is 14.3 Å². The summed E-state index contributed by atoms with van der Waals surface area (Å²) in [5, 5.41) is 6.71. The Morgan fingerprint density at radius 2 is 2.00 bits per heavy atom. The highest BCUT2D eigenvalue weighted by atomic mass is 32.1. The van der Waals surface area contributed by atoms with E-state index in [-0.39, 0.29) is 11.8 Å². The second-order valence-electron chi connectivity index (χ2n) is 9.09. The van der Waals surface area contributed by atoms with Gasteiger partial charge in [-0.05, 0) is 37.0 Å². The van der Waals surface area contributed by atoms with Gasteiger partial charge in [-0.1, -0.05) is 0 Å². The van der Waals surface area contributed by atoms with Crippen LogP contribution in [0, 0.1) is 5.92 Å². The van der Waals surface area contributed by atoms with Crippen LogP contribution in [0.2, 0.25) is 0 Å². The van der Waals surface area contributed by atoms with Crippen molar-refractivity contribution in [2.45, 2.75) is 38.9 Å². The number of thiazole rings is 1. The van der Waals surface area contributed by atoms with Crippen molar-refractivity contribution in [3.8, 4) is 11.5 Å². The molecule has 2 amide bonds. The molecule has 10 heteroatoms. The van der Waals surface area contributed by atoms with Crippen molar-refractivity contribution in [1.82, 2.24) is 24.6 Å². The molecule has 2 aromatic heterocycles. The Bertz CT molecular complexity index is 1230. The van der Waals surface area contributed by atoms with Gasteiger partial charge < -0.3 is 19.3 Å². The summed E-state index contributed by atoms with van der Waals surface area (Å²) in [6.07, 6.45) is 3.06. The molecular formula is C25H29N5O4S. The summed E-state index contributed by atoms with van der Waals surface area (Å²) in [4.78, 5) is 34.6. The lowest BCUT2D eigenvalue weighted by Crippen LogP contribution is -2.37. The number of carbonyl (C=O) groups is 2. The minimum absolute atomic E-state index is 0.110. The molecule has 1 saturated carbocycles. The van der Waals surface area contributed by atoms with E-state index < -0.39 is 0 Å². The number of methoxy groups -OCH3 is 2. The lowest BCUT2D eigenvalue weighted by Gasteiger charge is -2.28. The van der Waals surface area contributed by atoms with Crippen LogP contribution in [0.25, 0.3) is 0 Å². The van der Waals surface area contributed by atoms with Crippen molar-refractivity contribution in [2.24, 2.45) is 5.92 Å². The van der Waals surface area contributed by atoms with Crippen molar-refractivity contribution in [3.05, 3.63) is 57.3 Å². The molecule has 0 spiro atoms. The molecule has 1 aliphatic heterocycles. The Morgan fingerprint density at radius 1 is 1.20 bits per heavy atom. The van der Waals surface area contributed by atoms with E-state index in [0.29, 0.717) is 54.7 Å². The summed E-state index contributed by atoms with van der Waals surface area (Å²) in [5.41, 5.74) is 5.48. The van der Waals surface area contributed by atoms with Crippen molar-refractivity contribution >= 4 is 23.2 Å². The molecule has 2 aliphatic rings. The van der Waals surface area contributed by atoms with Crippen molar-refractivity contribution < 1.29 is 19.1 Å². The molecule has 1 fully saturated rings. The highest BCUT2D eigenvalue weighted by Crippen LogP contribution is 2.34. The molecule has 0 unspecified atom stereocenters. The van der Waals surface area contributed by atoms with Gasteiger partial charge in [0, 0.05) is 48.8 Å². The lowest BCUT2D eigenvalue weighted by atomic mass is 10.0. The Kier molecular flexibility index (Phi) is 6.46. The van der Waals surface area contributed by atoms with Crippen molar-refractivity contribution in [2.75, 3.05) is 27.8 Å². The van der Waals surface area contributed by atoms with E-state index in [9.17, 15) is 9.59 Å². The van der Waals surface area contributed by atoms with E-state index in [1.54, 1.807) is 54.8 Å². The van der Waals surface area contributed by atoms with Gasteiger partial charge in [0.1, 0.15) is 0 Å². The zero-order chi connectivity index (χ0) is 24.5. The van der Waals surface area contributed by atoms with Crippen LogP contribution in [0.1, 0.15) is 50.6 Å². The topological polar surface area (TPSA) is 89.8 Å². The summed E-state index contributed by atoms with van der Waals surface area (Å²) in [6, 6.07) is 5.17. The molecule has 0 atom stereocenters. The largest absolute Gasteiger partial charge is 0.493 e. The number of rotatable bonds is 8. The molecule has 3 heterocycles. The van der Waals surface area contributed by atoms with Crippen LogP contribution in [-0.2, 0) is 26.1 Å². The van der Waals surface area contributed by atoms with Gasteiger partial charge in [-0.25, -0.2) is 4.98 Å². The Balaban J connectivity index is 1.41. The number of fused-ring (bicyclic) bond motifs is 1. The van der Waals surface area contributed by atoms with Crippen LogP contribution in [0.5, 0.6) is 11.5 Å². The number of hydrogen-bond donors (Lipinski definition) is 0. The summed E-state index contributed by atoms with van der Waals surface area (Å²) >= 11 is 1.51. The normalized spacial score (nSPS) is 15.0. The molecule has 1 aliphatic carbocycles. The maximum atomic E-state index is 13.5. The van der Waals surface area contributed by atoms with E-state index in [4.69, 9.17) is 14.6 Å². The van der Waals surface area contributed by atoms with Crippen LogP contribution in [0.4, 0.5) is 0 Å². The summed E-state index contributed by atoms with van der Waals surface area (Å²) in [6.45, 7) is 2.16. The maximum Gasteiger partial charge on any atom is 0.274 e. The molecule has 1 aromatic carbocycles. The molecule has 0 saturated heterocycles. The van der Waals surface area contributed by atoms with Gasteiger partial charge in [0.25, 0.3) is 11.8 Å². The van der Waals surface area contributed by atoms with E-state index in [2.05, 4.69) is 4.98 Å². The summed E-state index contributed by atoms with van der Waals surface area (Å²) in [5.74, 6) is 1.45. The fourth-order valence-corrected chi connectivity index (χ4v) is 5.04. The van der Waals surface area contributed by atoms with Gasteiger partial charge in [0.2, 0.25) is 0 Å². The zero-order valence-electron chi connectivity index (χ0n) is 20.2. The third-order valence-electron chi connectivity index (χ3n) is 6.61. The molecule has 5 rings (SSSR count). The standard InChI is InChI=1S/C25H29N5O4S/c1-28(12-18-14-35-15-26-18)25(32)23-19-13-29(9-8-20(19)30(27-23)11-16-4-5-16)24(31)17-6-7-21(33-2)22(10-17)34-3/h6-7,10,14-16H,4-5,8-9,11-13H2,1-3H3. The zero-order valence-corrected chi connectivity index (χ0v) is 21.0. The first-order valence-electron chi connectivity index (χ1n) is 11.7. The van der Waals surface area contributed by atoms with E-state index in [0.717, 1.165) is 23.5 Å². The third-order valence-corrected chi connectivity index (χ3v) is 7.25.